The summed E-state index contributed by atoms with van der Waals surface area (Å²) in [6.45, 7) is 5.91. The van der Waals surface area contributed by atoms with Gasteiger partial charge in [-0.2, -0.15) is 0 Å². The number of nitrogens with zero attached hydrogens (tertiary/aromatic N) is 1. The normalized spacial score (nSPS) is 15.8. The second-order valence-corrected chi connectivity index (χ2v) is 7.86. The largest absolute Gasteiger partial charge is 0.466 e. The number of allylic oxidation sites excluding steroid dienone is 1. The molecule has 0 spiro atoms. The van der Waals surface area contributed by atoms with E-state index in [1.807, 2.05) is 38.1 Å². The van der Waals surface area contributed by atoms with Gasteiger partial charge in [-0.1, -0.05) is 49.4 Å². The summed E-state index contributed by atoms with van der Waals surface area (Å²) in [6, 6.07) is 7.75. The topological polar surface area (TPSA) is 84.1 Å². The van der Waals surface area contributed by atoms with Crippen molar-refractivity contribution < 1.29 is 9.53 Å². The molecule has 1 atom stereocenters. The summed E-state index contributed by atoms with van der Waals surface area (Å²) >= 11 is 1.53. The van der Waals surface area contributed by atoms with Crippen molar-refractivity contribution in [1.29, 1.82) is 0 Å². The summed E-state index contributed by atoms with van der Waals surface area (Å²) < 4.78 is 5.02. The zero-order chi connectivity index (χ0) is 20.3. The van der Waals surface area contributed by atoms with Gasteiger partial charge in [0.15, 0.2) is 5.16 Å². The molecule has 0 saturated heterocycles. The molecule has 0 bridgehead atoms. The third-order valence-corrected chi connectivity index (χ3v) is 5.82. The van der Waals surface area contributed by atoms with Gasteiger partial charge in [-0.25, -0.2) is 9.78 Å². The number of ether oxygens (including phenoxy) is 1. The van der Waals surface area contributed by atoms with E-state index >= 15 is 0 Å². The molecule has 0 saturated carbocycles. The predicted molar refractivity (Wildman–Crippen MR) is 112 cm³/mol. The van der Waals surface area contributed by atoms with Gasteiger partial charge in [-0.3, -0.25) is 4.79 Å². The molecule has 2 N–H and O–H groups in total. The standard InChI is InChI=1S/C21H25N3O3S/c1-5-6-11-28-21-23-18-17(19(25)24-21)16(14-10-8-7-9-12(14)2)15(13(3)22-18)20(26)27-4/h7-10,16H,5-6,11H2,1-4H3,(H2,22,23,24,25)/t16-/m0/s1. The number of nitrogens with one attached hydrogen (secondary N) is 2. The minimum atomic E-state index is -0.532. The zero-order valence-corrected chi connectivity index (χ0v) is 17.4. The molecule has 148 valence electrons. The maximum Gasteiger partial charge on any atom is 0.336 e. The third-order valence-electron chi connectivity index (χ3n) is 4.86. The van der Waals surface area contributed by atoms with Crippen molar-refractivity contribution in [2.24, 2.45) is 0 Å². The summed E-state index contributed by atoms with van der Waals surface area (Å²) in [5.41, 5.74) is 3.18. The van der Waals surface area contributed by atoms with E-state index in [-0.39, 0.29) is 5.56 Å². The first-order chi connectivity index (χ1) is 13.5. The highest BCUT2D eigenvalue weighted by Crippen LogP contribution is 2.41. The molecule has 0 aliphatic carbocycles. The van der Waals surface area contributed by atoms with Crippen LogP contribution in [0.5, 0.6) is 0 Å². The number of thioether (sulfide) groups is 1. The molecule has 1 aromatic carbocycles. The molecule has 28 heavy (non-hydrogen) atoms. The molecule has 0 unspecified atom stereocenters. The van der Waals surface area contributed by atoms with E-state index in [9.17, 15) is 9.59 Å². The molecule has 2 aromatic rings. The quantitative estimate of drug-likeness (QED) is 0.331. The Labute approximate surface area is 168 Å². The van der Waals surface area contributed by atoms with Gasteiger partial charge < -0.3 is 15.0 Å². The second kappa shape index (κ2) is 8.65. The van der Waals surface area contributed by atoms with E-state index in [1.54, 1.807) is 0 Å². The average molecular weight is 400 g/mol. The van der Waals surface area contributed by atoms with Gasteiger partial charge >= 0.3 is 5.97 Å². The number of benzene rings is 1. The summed E-state index contributed by atoms with van der Waals surface area (Å²) in [5.74, 6) is 0.406. The Morgan fingerprint density at radius 1 is 1.29 bits per heavy atom. The molecule has 7 heteroatoms. The number of aromatic amines is 1. The molecule has 0 radical (unpaired) electrons. The molecule has 6 nitrogen and oxygen atoms in total. The molecule has 2 heterocycles. The highest BCUT2D eigenvalue weighted by molar-refractivity contribution is 7.99. The average Bonchev–Trinajstić information content (AvgIpc) is 2.67. The first-order valence-corrected chi connectivity index (χ1v) is 10.3. The Kier molecular flexibility index (Phi) is 6.24. The van der Waals surface area contributed by atoms with Crippen LogP contribution in [0.1, 0.15) is 49.3 Å². The van der Waals surface area contributed by atoms with Crippen molar-refractivity contribution in [3.05, 3.63) is 62.6 Å². The number of fused-ring (bicyclic) bond motifs is 1. The Hall–Kier alpha value is -2.54. The van der Waals surface area contributed by atoms with Gasteiger partial charge in [0, 0.05) is 11.4 Å². The third kappa shape index (κ3) is 3.85. The number of aryl methyl sites for hydroxylation is 1. The molecule has 0 fully saturated rings. The number of anilines is 1. The van der Waals surface area contributed by atoms with Gasteiger partial charge in [0.2, 0.25) is 0 Å². The fraction of sp³-hybridized carbons (Fsp3) is 0.381. The maximum atomic E-state index is 13.1. The van der Waals surface area contributed by atoms with E-state index in [0.717, 1.165) is 29.7 Å². The fourth-order valence-corrected chi connectivity index (χ4v) is 4.36. The lowest BCUT2D eigenvalue weighted by atomic mass is 9.80. The minimum Gasteiger partial charge on any atom is -0.466 e. The van der Waals surface area contributed by atoms with Crippen LogP contribution in [-0.2, 0) is 9.53 Å². The van der Waals surface area contributed by atoms with Crippen molar-refractivity contribution in [3.63, 3.8) is 0 Å². The Morgan fingerprint density at radius 3 is 2.71 bits per heavy atom. The lowest BCUT2D eigenvalue weighted by Gasteiger charge is -2.29. The van der Waals surface area contributed by atoms with Gasteiger partial charge in [0.05, 0.1) is 24.2 Å². The highest BCUT2D eigenvalue weighted by Gasteiger charge is 2.36. The maximum absolute atomic E-state index is 13.1. The van der Waals surface area contributed by atoms with Gasteiger partial charge in [0.1, 0.15) is 5.82 Å². The van der Waals surface area contributed by atoms with Crippen molar-refractivity contribution >= 4 is 23.5 Å². The van der Waals surface area contributed by atoms with Crippen LogP contribution in [0.2, 0.25) is 0 Å². The number of hydrogen-bond acceptors (Lipinski definition) is 6. The smallest absolute Gasteiger partial charge is 0.336 e. The number of aromatic nitrogens is 2. The lowest BCUT2D eigenvalue weighted by molar-refractivity contribution is -0.136. The Balaban J connectivity index is 2.17. The van der Waals surface area contributed by atoms with Crippen molar-refractivity contribution in [3.8, 4) is 0 Å². The first-order valence-electron chi connectivity index (χ1n) is 9.36. The van der Waals surface area contributed by atoms with Crippen LogP contribution in [0.3, 0.4) is 0 Å². The molecular weight excluding hydrogens is 374 g/mol. The molecule has 0 amide bonds. The van der Waals surface area contributed by atoms with E-state index < -0.39 is 11.9 Å². The van der Waals surface area contributed by atoms with E-state index in [2.05, 4.69) is 22.2 Å². The van der Waals surface area contributed by atoms with Gasteiger partial charge in [-0.05, 0) is 31.4 Å². The van der Waals surface area contributed by atoms with E-state index in [4.69, 9.17) is 4.74 Å². The van der Waals surface area contributed by atoms with Crippen LogP contribution in [0.25, 0.3) is 0 Å². The first kappa shape index (κ1) is 20.2. The molecule has 3 rings (SSSR count). The number of rotatable bonds is 6. The number of H-pyrrole nitrogens is 1. The number of methoxy groups -OCH3 is 1. The molecule has 1 aliphatic rings. The molecule has 1 aromatic heterocycles. The number of carbonyl (C=O) groups is 1. The van der Waals surface area contributed by atoms with Crippen molar-refractivity contribution in [2.45, 2.75) is 44.7 Å². The summed E-state index contributed by atoms with van der Waals surface area (Å²) in [5, 5.41) is 3.74. The van der Waals surface area contributed by atoms with Crippen LogP contribution in [-0.4, -0.2) is 28.8 Å². The van der Waals surface area contributed by atoms with E-state index in [0.29, 0.717) is 27.8 Å². The summed E-state index contributed by atoms with van der Waals surface area (Å²) in [7, 11) is 1.35. The summed E-state index contributed by atoms with van der Waals surface area (Å²) in [6.07, 6.45) is 2.14. The zero-order valence-electron chi connectivity index (χ0n) is 16.6. The van der Waals surface area contributed by atoms with Gasteiger partial charge in [0.25, 0.3) is 5.56 Å². The highest BCUT2D eigenvalue weighted by atomic mass is 32.2. The Morgan fingerprint density at radius 2 is 2.04 bits per heavy atom. The van der Waals surface area contributed by atoms with Crippen LogP contribution in [0.15, 0.2) is 45.5 Å². The molecular formula is C21H25N3O3S. The van der Waals surface area contributed by atoms with Crippen LogP contribution < -0.4 is 10.9 Å². The fourth-order valence-electron chi connectivity index (χ4n) is 3.41. The van der Waals surface area contributed by atoms with Crippen LogP contribution in [0.4, 0.5) is 5.82 Å². The number of carbonyl (C=O) groups excluding carboxylic acids is 1. The second-order valence-electron chi connectivity index (χ2n) is 6.78. The Bertz CT molecular complexity index is 981. The number of hydrogen-bond donors (Lipinski definition) is 2. The van der Waals surface area contributed by atoms with Crippen molar-refractivity contribution in [2.75, 3.05) is 18.2 Å². The number of esters is 1. The van der Waals surface area contributed by atoms with Crippen LogP contribution >= 0.6 is 11.8 Å². The van der Waals surface area contributed by atoms with Gasteiger partial charge in [-0.15, -0.1) is 0 Å². The van der Waals surface area contributed by atoms with Crippen molar-refractivity contribution in [1.82, 2.24) is 9.97 Å². The lowest BCUT2D eigenvalue weighted by Crippen LogP contribution is -2.31. The monoisotopic (exact) mass is 399 g/mol. The van der Waals surface area contributed by atoms with Crippen LogP contribution in [0, 0.1) is 6.92 Å². The van der Waals surface area contributed by atoms with E-state index in [1.165, 1.54) is 18.9 Å². The SMILES string of the molecule is CCCCSc1nc2c(c(=O)[nH]1)[C@@H](c1ccccc1C)C(C(=O)OC)=C(C)N2. The predicted octanol–water partition coefficient (Wildman–Crippen LogP) is 3.97. The summed E-state index contributed by atoms with van der Waals surface area (Å²) in [4.78, 5) is 33.1. The molecule has 1 aliphatic heterocycles. The minimum absolute atomic E-state index is 0.237. The number of unbranched alkanes of at least 4 members (excludes halogenated alkanes) is 1.